The van der Waals surface area contributed by atoms with Crippen molar-refractivity contribution in [2.24, 2.45) is 0 Å². The lowest BCUT2D eigenvalue weighted by atomic mass is 10.2. The molecule has 3 aromatic rings. The molecule has 0 atom stereocenters. The number of nitrogens with zero attached hydrogens (tertiary/aromatic N) is 4. The monoisotopic (exact) mass is 453 g/mol. The van der Waals surface area contributed by atoms with E-state index in [1.54, 1.807) is 38.4 Å². The van der Waals surface area contributed by atoms with Gasteiger partial charge in [-0.15, -0.1) is 0 Å². The van der Waals surface area contributed by atoms with Gasteiger partial charge in [0.05, 0.1) is 27.9 Å². The summed E-state index contributed by atoms with van der Waals surface area (Å²) < 4.78 is 21.3. The molecule has 4 rings (SSSR count). The number of amides is 2. The van der Waals surface area contributed by atoms with E-state index in [0.29, 0.717) is 67.4 Å². The molecule has 0 spiro atoms. The second-order valence-electron chi connectivity index (χ2n) is 7.54. The van der Waals surface area contributed by atoms with Crippen molar-refractivity contribution in [2.75, 3.05) is 52.8 Å². The number of piperazine rings is 1. The normalized spacial score (nSPS) is 14.1. The molecule has 0 unspecified atom stereocenters. The molecule has 0 bridgehead atoms. The van der Waals surface area contributed by atoms with Crippen molar-refractivity contribution in [2.45, 2.75) is 6.54 Å². The Morgan fingerprint density at radius 3 is 2.33 bits per heavy atom. The molecule has 0 saturated carbocycles. The number of carbonyl (C=O) groups excluding carboxylic acids is 1. The van der Waals surface area contributed by atoms with Gasteiger partial charge in [-0.3, -0.25) is 4.90 Å². The van der Waals surface area contributed by atoms with Crippen LogP contribution >= 0.6 is 0 Å². The molecule has 0 aliphatic carbocycles. The van der Waals surface area contributed by atoms with E-state index in [1.165, 1.54) is 0 Å². The molecule has 33 heavy (non-hydrogen) atoms. The largest absolute Gasteiger partial charge is 0.497 e. The predicted molar refractivity (Wildman–Crippen MR) is 122 cm³/mol. The fourth-order valence-electron chi connectivity index (χ4n) is 3.58. The maximum atomic E-state index is 12.6. The van der Waals surface area contributed by atoms with Crippen molar-refractivity contribution in [3.8, 4) is 28.7 Å². The lowest BCUT2D eigenvalue weighted by Gasteiger charge is -2.34. The highest BCUT2D eigenvalue weighted by Crippen LogP contribution is 2.29. The summed E-state index contributed by atoms with van der Waals surface area (Å²) in [6.07, 6.45) is 0. The molecule has 1 N–H and O–H groups in total. The quantitative estimate of drug-likeness (QED) is 0.582. The van der Waals surface area contributed by atoms with E-state index in [9.17, 15) is 4.79 Å². The van der Waals surface area contributed by atoms with E-state index < -0.39 is 0 Å². The van der Waals surface area contributed by atoms with Gasteiger partial charge in [0, 0.05) is 49.6 Å². The number of hydrogen-bond donors (Lipinski definition) is 1. The van der Waals surface area contributed by atoms with Gasteiger partial charge in [-0.05, 0) is 24.3 Å². The smallest absolute Gasteiger partial charge is 0.321 e. The predicted octanol–water partition coefficient (Wildman–Crippen LogP) is 3.11. The molecular formula is C23H27N5O5. The number of benzene rings is 2. The van der Waals surface area contributed by atoms with Gasteiger partial charge in [0.2, 0.25) is 0 Å². The maximum absolute atomic E-state index is 12.6. The Morgan fingerprint density at radius 1 is 0.970 bits per heavy atom. The molecule has 10 heteroatoms. The third-order valence-electron chi connectivity index (χ3n) is 5.41. The molecule has 0 radical (unpaired) electrons. The van der Waals surface area contributed by atoms with Crippen molar-refractivity contribution in [3.05, 3.63) is 48.3 Å². The molecule has 2 amide bonds. The average molecular weight is 453 g/mol. The second-order valence-corrected chi connectivity index (χ2v) is 7.54. The maximum Gasteiger partial charge on any atom is 0.321 e. The minimum atomic E-state index is -0.128. The molecule has 1 fully saturated rings. The van der Waals surface area contributed by atoms with Crippen molar-refractivity contribution in [3.63, 3.8) is 0 Å². The molecular weight excluding hydrogens is 426 g/mol. The zero-order valence-electron chi connectivity index (χ0n) is 18.9. The summed E-state index contributed by atoms with van der Waals surface area (Å²) in [7, 11) is 4.78. The Morgan fingerprint density at radius 2 is 1.67 bits per heavy atom. The van der Waals surface area contributed by atoms with Crippen LogP contribution in [0.2, 0.25) is 0 Å². The number of ether oxygens (including phenoxy) is 3. The van der Waals surface area contributed by atoms with Crippen LogP contribution in [-0.2, 0) is 6.54 Å². The van der Waals surface area contributed by atoms with E-state index in [2.05, 4.69) is 20.4 Å². The molecule has 1 aliphatic heterocycles. The Balaban J connectivity index is 1.31. The first kappa shape index (κ1) is 22.4. The summed E-state index contributed by atoms with van der Waals surface area (Å²) in [4.78, 5) is 21.1. The van der Waals surface area contributed by atoms with Crippen molar-refractivity contribution in [1.29, 1.82) is 0 Å². The zero-order chi connectivity index (χ0) is 23.2. The van der Waals surface area contributed by atoms with Crippen molar-refractivity contribution in [1.82, 2.24) is 19.9 Å². The topological polar surface area (TPSA) is 102 Å². The van der Waals surface area contributed by atoms with Crippen LogP contribution < -0.4 is 19.5 Å². The van der Waals surface area contributed by atoms with Crippen LogP contribution in [0.5, 0.6) is 17.2 Å². The highest BCUT2D eigenvalue weighted by molar-refractivity contribution is 5.89. The van der Waals surface area contributed by atoms with E-state index in [-0.39, 0.29) is 6.03 Å². The first-order valence-electron chi connectivity index (χ1n) is 10.6. The van der Waals surface area contributed by atoms with Crippen LogP contribution in [0.25, 0.3) is 11.5 Å². The second kappa shape index (κ2) is 10.2. The highest BCUT2D eigenvalue weighted by atomic mass is 16.5. The van der Waals surface area contributed by atoms with E-state index in [1.807, 2.05) is 30.3 Å². The fourth-order valence-corrected chi connectivity index (χ4v) is 3.58. The SMILES string of the molecule is COc1cccc(NC(=O)N2CCN(Cc3noc(-c4cc(OC)cc(OC)c4)n3)CC2)c1. The van der Waals surface area contributed by atoms with Gasteiger partial charge in [0.15, 0.2) is 5.82 Å². The van der Waals surface area contributed by atoms with Crippen LogP contribution in [0, 0.1) is 0 Å². The standard InChI is InChI=1S/C23H27N5O5/c1-30-18-6-4-5-17(13-18)24-23(29)28-9-7-27(8-10-28)15-21-25-22(33-26-21)16-11-19(31-2)14-20(12-16)32-3/h4-6,11-14H,7-10,15H2,1-3H3,(H,24,29). The number of nitrogens with one attached hydrogen (secondary N) is 1. The number of anilines is 1. The molecule has 174 valence electrons. The van der Waals surface area contributed by atoms with Gasteiger partial charge >= 0.3 is 6.03 Å². The minimum absolute atomic E-state index is 0.128. The number of hydrogen-bond acceptors (Lipinski definition) is 8. The van der Waals surface area contributed by atoms with Gasteiger partial charge < -0.3 is 29.0 Å². The van der Waals surface area contributed by atoms with E-state index in [0.717, 1.165) is 5.56 Å². The van der Waals surface area contributed by atoms with Gasteiger partial charge in [0.1, 0.15) is 17.2 Å². The van der Waals surface area contributed by atoms with Crippen molar-refractivity contribution < 1.29 is 23.5 Å². The first-order valence-corrected chi connectivity index (χ1v) is 10.6. The summed E-state index contributed by atoms with van der Waals surface area (Å²) in [5.74, 6) is 2.98. The molecule has 1 saturated heterocycles. The molecule has 1 aromatic heterocycles. The number of carbonyl (C=O) groups is 1. The molecule has 2 heterocycles. The Kier molecular flexibility index (Phi) is 6.94. The van der Waals surface area contributed by atoms with Crippen LogP contribution in [0.1, 0.15) is 5.82 Å². The van der Waals surface area contributed by atoms with Gasteiger partial charge in [0.25, 0.3) is 5.89 Å². The Hall–Kier alpha value is -3.79. The van der Waals surface area contributed by atoms with Crippen LogP contribution in [0.3, 0.4) is 0 Å². The van der Waals surface area contributed by atoms with Crippen LogP contribution in [0.15, 0.2) is 47.0 Å². The highest BCUT2D eigenvalue weighted by Gasteiger charge is 2.23. The van der Waals surface area contributed by atoms with Gasteiger partial charge in [-0.1, -0.05) is 11.2 Å². The summed E-state index contributed by atoms with van der Waals surface area (Å²) in [6.45, 7) is 3.17. The van der Waals surface area contributed by atoms with Crippen LogP contribution in [-0.4, -0.2) is 73.5 Å². The van der Waals surface area contributed by atoms with Crippen LogP contribution in [0.4, 0.5) is 10.5 Å². The zero-order valence-corrected chi connectivity index (χ0v) is 18.9. The van der Waals surface area contributed by atoms with Crippen molar-refractivity contribution >= 4 is 11.7 Å². The number of aromatic nitrogens is 2. The molecule has 1 aliphatic rings. The molecule has 10 nitrogen and oxygen atoms in total. The summed E-state index contributed by atoms with van der Waals surface area (Å²) in [5.41, 5.74) is 1.43. The summed E-state index contributed by atoms with van der Waals surface area (Å²) in [5, 5.41) is 7.03. The fraction of sp³-hybridized carbons (Fsp3) is 0.348. The first-order chi connectivity index (χ1) is 16.1. The third kappa shape index (κ3) is 5.53. The van der Waals surface area contributed by atoms with Gasteiger partial charge in [-0.25, -0.2) is 4.79 Å². The number of rotatable bonds is 7. The lowest BCUT2D eigenvalue weighted by Crippen LogP contribution is -2.49. The Bertz CT molecular complexity index is 1070. The van der Waals surface area contributed by atoms with E-state index in [4.69, 9.17) is 18.7 Å². The third-order valence-corrected chi connectivity index (χ3v) is 5.41. The van der Waals surface area contributed by atoms with Gasteiger partial charge in [-0.2, -0.15) is 4.98 Å². The minimum Gasteiger partial charge on any atom is -0.497 e. The van der Waals surface area contributed by atoms with E-state index >= 15 is 0 Å². The number of urea groups is 1. The average Bonchev–Trinajstić information content (AvgIpc) is 3.32. The Labute approximate surface area is 192 Å². The molecule has 2 aromatic carbocycles. The number of methoxy groups -OCH3 is 3. The summed E-state index contributed by atoms with van der Waals surface area (Å²) in [6, 6.07) is 12.6. The lowest BCUT2D eigenvalue weighted by molar-refractivity contribution is 0.140. The summed E-state index contributed by atoms with van der Waals surface area (Å²) >= 11 is 0.